The minimum Gasteiger partial charge on any atom is -0.323 e. The van der Waals surface area contributed by atoms with Crippen LogP contribution in [0.1, 0.15) is 37.7 Å². The van der Waals surface area contributed by atoms with Crippen molar-refractivity contribution in [3.63, 3.8) is 0 Å². The third-order valence-electron chi connectivity index (χ3n) is 3.95. The first kappa shape index (κ1) is 11.2. The molecule has 1 N–H and O–H groups in total. The Morgan fingerprint density at radius 1 is 1.24 bits per heavy atom. The highest BCUT2D eigenvalue weighted by Gasteiger charge is 2.48. The summed E-state index contributed by atoms with van der Waals surface area (Å²) in [4.78, 5) is 12.2. The van der Waals surface area contributed by atoms with Crippen LogP contribution in [0, 0.1) is 5.82 Å². The molecule has 1 saturated carbocycles. The van der Waals surface area contributed by atoms with E-state index in [1.54, 1.807) is 0 Å². The molecule has 0 bridgehead atoms. The van der Waals surface area contributed by atoms with Crippen LogP contribution in [-0.2, 0) is 10.2 Å². The fraction of sp³-hybridized carbons (Fsp3) is 0.462. The van der Waals surface area contributed by atoms with Gasteiger partial charge in [0.2, 0.25) is 5.91 Å². The van der Waals surface area contributed by atoms with Gasteiger partial charge in [0.15, 0.2) is 0 Å². The maximum absolute atomic E-state index is 13.8. The van der Waals surface area contributed by atoms with E-state index in [0.29, 0.717) is 10.2 Å². The molecule has 0 atom stereocenters. The molecule has 2 nitrogen and oxygen atoms in total. The van der Waals surface area contributed by atoms with Gasteiger partial charge in [0.05, 0.1) is 11.1 Å². The molecule has 1 fully saturated rings. The molecule has 0 saturated heterocycles. The monoisotopic (exact) mass is 297 g/mol. The number of benzene rings is 1. The average molecular weight is 298 g/mol. The summed E-state index contributed by atoms with van der Waals surface area (Å²) in [6, 6.07) is 3.29. The summed E-state index contributed by atoms with van der Waals surface area (Å²) in [7, 11) is 0. The molecule has 1 amide bonds. The van der Waals surface area contributed by atoms with E-state index in [1.165, 1.54) is 12.5 Å². The molecule has 90 valence electrons. The van der Waals surface area contributed by atoms with Crippen molar-refractivity contribution in [2.24, 2.45) is 0 Å². The van der Waals surface area contributed by atoms with Crippen molar-refractivity contribution in [3.8, 4) is 0 Å². The van der Waals surface area contributed by atoms with E-state index in [2.05, 4.69) is 21.2 Å². The van der Waals surface area contributed by atoms with Crippen LogP contribution >= 0.6 is 15.9 Å². The number of carbonyl (C=O) groups excluding carboxylic acids is 1. The molecule has 1 aliphatic carbocycles. The number of fused-ring (bicyclic) bond motifs is 2. The van der Waals surface area contributed by atoms with Gasteiger partial charge in [0.25, 0.3) is 0 Å². The van der Waals surface area contributed by atoms with Gasteiger partial charge in [-0.1, -0.05) is 35.2 Å². The zero-order valence-corrected chi connectivity index (χ0v) is 10.9. The molecular weight excluding hydrogens is 285 g/mol. The predicted octanol–water partition coefficient (Wildman–Crippen LogP) is 3.74. The largest absolute Gasteiger partial charge is 0.323 e. The van der Waals surface area contributed by atoms with Crippen molar-refractivity contribution < 1.29 is 9.18 Å². The summed E-state index contributed by atoms with van der Waals surface area (Å²) in [5.74, 6) is -0.366. The molecule has 3 rings (SSSR count). The van der Waals surface area contributed by atoms with Crippen molar-refractivity contribution in [1.29, 1.82) is 0 Å². The van der Waals surface area contributed by atoms with Gasteiger partial charge >= 0.3 is 0 Å². The van der Waals surface area contributed by atoms with Gasteiger partial charge < -0.3 is 5.32 Å². The SMILES string of the molecule is O=C1Nc2c(F)cc(Br)cc2C12CCCCC2. The van der Waals surface area contributed by atoms with Crippen molar-refractivity contribution in [2.75, 3.05) is 5.32 Å². The minimum atomic E-state index is -0.474. The van der Waals surface area contributed by atoms with E-state index in [0.717, 1.165) is 31.2 Å². The van der Waals surface area contributed by atoms with Crippen LogP contribution in [0.5, 0.6) is 0 Å². The van der Waals surface area contributed by atoms with Crippen molar-refractivity contribution in [3.05, 3.63) is 28.0 Å². The number of nitrogens with one attached hydrogen (secondary N) is 1. The van der Waals surface area contributed by atoms with Crippen molar-refractivity contribution >= 4 is 27.5 Å². The first-order valence-corrected chi connectivity index (χ1v) is 6.74. The highest BCUT2D eigenvalue weighted by Crippen LogP contribution is 2.48. The molecule has 4 heteroatoms. The molecule has 1 spiro atoms. The zero-order valence-electron chi connectivity index (χ0n) is 9.35. The first-order chi connectivity index (χ1) is 8.13. The van der Waals surface area contributed by atoms with E-state index >= 15 is 0 Å². The minimum absolute atomic E-state index is 0.0239. The molecule has 2 aliphatic rings. The Balaban J connectivity index is 2.18. The first-order valence-electron chi connectivity index (χ1n) is 5.94. The topological polar surface area (TPSA) is 29.1 Å². The lowest BCUT2D eigenvalue weighted by molar-refractivity contribution is -0.121. The fourth-order valence-electron chi connectivity index (χ4n) is 3.09. The third-order valence-corrected chi connectivity index (χ3v) is 4.41. The Kier molecular flexibility index (Phi) is 2.51. The van der Waals surface area contributed by atoms with Gasteiger partial charge in [0, 0.05) is 4.47 Å². The summed E-state index contributed by atoms with van der Waals surface area (Å²) in [6.07, 6.45) is 4.92. The molecule has 0 aromatic heterocycles. The number of hydrogen-bond donors (Lipinski definition) is 1. The third kappa shape index (κ3) is 1.53. The van der Waals surface area contributed by atoms with Gasteiger partial charge in [-0.05, 0) is 30.5 Å². The summed E-state index contributed by atoms with van der Waals surface area (Å²) in [5.41, 5.74) is 0.757. The predicted molar refractivity (Wildman–Crippen MR) is 67.5 cm³/mol. The van der Waals surface area contributed by atoms with Gasteiger partial charge in [-0.25, -0.2) is 4.39 Å². The van der Waals surface area contributed by atoms with Crippen molar-refractivity contribution in [1.82, 2.24) is 0 Å². The second-order valence-electron chi connectivity index (χ2n) is 4.91. The number of rotatable bonds is 0. The van der Waals surface area contributed by atoms with Gasteiger partial charge in [0.1, 0.15) is 5.82 Å². The van der Waals surface area contributed by atoms with Crippen LogP contribution in [0.3, 0.4) is 0 Å². The summed E-state index contributed by atoms with van der Waals surface area (Å²) < 4.78 is 14.5. The summed E-state index contributed by atoms with van der Waals surface area (Å²) >= 11 is 3.31. The van der Waals surface area contributed by atoms with Crippen LogP contribution in [0.2, 0.25) is 0 Å². The average Bonchev–Trinajstić information content (AvgIpc) is 2.56. The molecule has 0 radical (unpaired) electrons. The van der Waals surface area contributed by atoms with Crippen LogP contribution in [-0.4, -0.2) is 5.91 Å². The quantitative estimate of drug-likeness (QED) is 0.776. The van der Waals surface area contributed by atoms with Gasteiger partial charge in [-0.2, -0.15) is 0 Å². The number of carbonyl (C=O) groups is 1. The Labute approximate surface area is 108 Å². The molecule has 0 unspecified atom stereocenters. The smallest absolute Gasteiger partial charge is 0.235 e. The lowest BCUT2D eigenvalue weighted by Crippen LogP contribution is -2.36. The molecule has 17 heavy (non-hydrogen) atoms. The van der Waals surface area contributed by atoms with Gasteiger partial charge in [-0.15, -0.1) is 0 Å². The summed E-state index contributed by atoms with van der Waals surface area (Å²) in [6.45, 7) is 0. The Bertz CT molecular complexity index is 494. The van der Waals surface area contributed by atoms with Crippen LogP contribution in [0.25, 0.3) is 0 Å². The maximum atomic E-state index is 13.8. The van der Waals surface area contributed by atoms with E-state index in [9.17, 15) is 9.18 Å². The second-order valence-corrected chi connectivity index (χ2v) is 5.82. The van der Waals surface area contributed by atoms with Crippen LogP contribution in [0.15, 0.2) is 16.6 Å². The lowest BCUT2D eigenvalue weighted by atomic mass is 9.70. The van der Waals surface area contributed by atoms with E-state index in [-0.39, 0.29) is 11.7 Å². The zero-order chi connectivity index (χ0) is 12.0. The Morgan fingerprint density at radius 3 is 2.65 bits per heavy atom. The second kappa shape index (κ2) is 3.80. The van der Waals surface area contributed by atoms with Crippen LogP contribution < -0.4 is 5.32 Å². The van der Waals surface area contributed by atoms with Crippen LogP contribution in [0.4, 0.5) is 10.1 Å². The van der Waals surface area contributed by atoms with E-state index in [1.807, 2.05) is 6.07 Å². The maximum Gasteiger partial charge on any atom is 0.235 e. The number of anilines is 1. The van der Waals surface area contributed by atoms with Gasteiger partial charge in [-0.3, -0.25) is 4.79 Å². The Hall–Kier alpha value is -0.900. The highest BCUT2D eigenvalue weighted by atomic mass is 79.9. The number of amides is 1. The summed E-state index contributed by atoms with van der Waals surface area (Å²) in [5, 5.41) is 2.72. The standard InChI is InChI=1S/C13H13BrFNO/c14-8-6-9-11(10(15)7-8)16-12(17)13(9)4-2-1-3-5-13/h6-7H,1-5H2,(H,16,17). The fourth-order valence-corrected chi connectivity index (χ4v) is 3.52. The molecule has 1 aromatic carbocycles. The Morgan fingerprint density at radius 2 is 1.94 bits per heavy atom. The molecule has 1 heterocycles. The lowest BCUT2D eigenvalue weighted by Gasteiger charge is -2.31. The normalized spacial score (nSPS) is 21.4. The number of halogens is 2. The molecule has 1 aliphatic heterocycles. The van der Waals surface area contributed by atoms with E-state index < -0.39 is 5.41 Å². The highest BCUT2D eigenvalue weighted by molar-refractivity contribution is 9.10. The number of hydrogen-bond acceptors (Lipinski definition) is 1. The van der Waals surface area contributed by atoms with E-state index in [4.69, 9.17) is 0 Å². The molecular formula is C13H13BrFNO. The van der Waals surface area contributed by atoms with Crippen molar-refractivity contribution in [2.45, 2.75) is 37.5 Å². The molecule has 1 aromatic rings.